The van der Waals surface area contributed by atoms with E-state index in [2.05, 4.69) is 5.32 Å². The molecule has 21 heavy (non-hydrogen) atoms. The Hall–Kier alpha value is -1.99. The molecule has 0 saturated heterocycles. The van der Waals surface area contributed by atoms with E-state index >= 15 is 0 Å². The Kier molecular flexibility index (Phi) is 4.54. The van der Waals surface area contributed by atoms with Crippen LogP contribution in [-0.2, 0) is 16.6 Å². The number of anilines is 1. The second-order valence-corrected chi connectivity index (χ2v) is 6.02. The van der Waals surface area contributed by atoms with Crippen molar-refractivity contribution in [3.05, 3.63) is 41.7 Å². The normalized spacial score (nSPS) is 11.4. The molecule has 1 aromatic carbocycles. The highest BCUT2D eigenvalue weighted by Crippen LogP contribution is 2.22. The average molecular weight is 310 g/mol. The standard InChI is InChI=1S/C14H18N2O4S/c1-3-19-11-4-6-13(10(2)8-11)16-9-12-5-7-14(20-12)21(15,17)18/h4-8,16H,3,9H2,1-2H3,(H2,15,17,18). The van der Waals surface area contributed by atoms with E-state index in [1.54, 1.807) is 6.07 Å². The zero-order valence-electron chi connectivity index (χ0n) is 11.9. The molecular weight excluding hydrogens is 292 g/mol. The first-order chi connectivity index (χ1) is 9.90. The largest absolute Gasteiger partial charge is 0.494 e. The van der Waals surface area contributed by atoms with Crippen molar-refractivity contribution < 1.29 is 17.6 Å². The summed E-state index contributed by atoms with van der Waals surface area (Å²) in [5.41, 5.74) is 1.95. The predicted octanol–water partition coefficient (Wildman–Crippen LogP) is 2.25. The highest BCUT2D eigenvalue weighted by molar-refractivity contribution is 7.89. The third kappa shape index (κ3) is 3.99. The molecule has 0 radical (unpaired) electrons. The van der Waals surface area contributed by atoms with Gasteiger partial charge in [0.05, 0.1) is 13.2 Å². The molecule has 2 aromatic rings. The van der Waals surface area contributed by atoms with Crippen LogP contribution in [0.15, 0.2) is 39.8 Å². The Morgan fingerprint density at radius 2 is 2.05 bits per heavy atom. The van der Waals surface area contributed by atoms with Gasteiger partial charge in [0, 0.05) is 5.69 Å². The van der Waals surface area contributed by atoms with Crippen LogP contribution in [0.3, 0.4) is 0 Å². The molecule has 0 aliphatic heterocycles. The van der Waals surface area contributed by atoms with E-state index in [0.717, 1.165) is 17.0 Å². The molecule has 0 aliphatic rings. The lowest BCUT2D eigenvalue weighted by Gasteiger charge is -2.10. The molecule has 0 spiro atoms. The van der Waals surface area contributed by atoms with E-state index in [0.29, 0.717) is 18.9 Å². The van der Waals surface area contributed by atoms with Crippen molar-refractivity contribution >= 4 is 15.7 Å². The van der Waals surface area contributed by atoms with Crippen LogP contribution in [0.4, 0.5) is 5.69 Å². The van der Waals surface area contributed by atoms with E-state index in [1.165, 1.54) is 6.07 Å². The summed E-state index contributed by atoms with van der Waals surface area (Å²) in [5, 5.41) is 7.94. The summed E-state index contributed by atoms with van der Waals surface area (Å²) in [6.07, 6.45) is 0. The summed E-state index contributed by atoms with van der Waals surface area (Å²) < 4.78 is 32.8. The summed E-state index contributed by atoms with van der Waals surface area (Å²) >= 11 is 0. The number of rotatable bonds is 6. The lowest BCUT2D eigenvalue weighted by atomic mass is 10.2. The highest BCUT2D eigenvalue weighted by Gasteiger charge is 2.13. The summed E-state index contributed by atoms with van der Waals surface area (Å²) in [7, 11) is -3.80. The second-order valence-electron chi connectivity index (χ2n) is 4.53. The van der Waals surface area contributed by atoms with Crippen molar-refractivity contribution in [1.29, 1.82) is 0 Å². The number of ether oxygens (including phenoxy) is 1. The second kappa shape index (κ2) is 6.19. The summed E-state index contributed by atoms with van der Waals surface area (Å²) in [5.74, 6) is 1.31. The molecular formula is C14H18N2O4S. The van der Waals surface area contributed by atoms with Crippen LogP contribution in [0.25, 0.3) is 0 Å². The van der Waals surface area contributed by atoms with Crippen molar-refractivity contribution in [1.82, 2.24) is 0 Å². The van der Waals surface area contributed by atoms with Crippen molar-refractivity contribution in [2.45, 2.75) is 25.5 Å². The molecule has 0 aliphatic carbocycles. The Morgan fingerprint density at radius 1 is 1.29 bits per heavy atom. The number of aryl methyl sites for hydroxylation is 1. The number of hydrogen-bond acceptors (Lipinski definition) is 5. The van der Waals surface area contributed by atoms with Gasteiger partial charge in [-0.3, -0.25) is 0 Å². The molecule has 0 unspecified atom stereocenters. The van der Waals surface area contributed by atoms with Crippen LogP contribution in [0.2, 0.25) is 0 Å². The monoisotopic (exact) mass is 310 g/mol. The van der Waals surface area contributed by atoms with Gasteiger partial charge in [0.2, 0.25) is 5.09 Å². The quantitative estimate of drug-likeness (QED) is 0.853. The molecule has 0 saturated carbocycles. The van der Waals surface area contributed by atoms with Crippen molar-refractivity contribution in [3.63, 3.8) is 0 Å². The minimum absolute atomic E-state index is 0.234. The average Bonchev–Trinajstić information content (AvgIpc) is 2.87. The van der Waals surface area contributed by atoms with Gasteiger partial charge < -0.3 is 14.5 Å². The van der Waals surface area contributed by atoms with E-state index in [9.17, 15) is 8.42 Å². The molecule has 6 nitrogen and oxygen atoms in total. The fraction of sp³-hybridized carbons (Fsp3) is 0.286. The van der Waals surface area contributed by atoms with Gasteiger partial charge in [-0.1, -0.05) is 0 Å². The molecule has 114 valence electrons. The maximum absolute atomic E-state index is 11.1. The molecule has 2 rings (SSSR count). The third-order valence-corrected chi connectivity index (χ3v) is 3.66. The van der Waals surface area contributed by atoms with Gasteiger partial charge in [-0.15, -0.1) is 0 Å². The Morgan fingerprint density at radius 3 is 2.62 bits per heavy atom. The molecule has 0 fully saturated rings. The van der Waals surface area contributed by atoms with E-state index in [1.807, 2.05) is 32.0 Å². The van der Waals surface area contributed by atoms with E-state index < -0.39 is 10.0 Å². The zero-order valence-corrected chi connectivity index (χ0v) is 12.7. The first kappa shape index (κ1) is 15.4. The van der Waals surface area contributed by atoms with E-state index in [4.69, 9.17) is 14.3 Å². The lowest BCUT2D eigenvalue weighted by Crippen LogP contribution is -2.10. The summed E-state index contributed by atoms with van der Waals surface area (Å²) in [6, 6.07) is 8.64. The van der Waals surface area contributed by atoms with Crippen molar-refractivity contribution in [2.75, 3.05) is 11.9 Å². The number of nitrogens with two attached hydrogens (primary N) is 1. The van der Waals surface area contributed by atoms with Gasteiger partial charge in [0.15, 0.2) is 0 Å². The number of furan rings is 1. The Balaban J connectivity index is 2.04. The summed E-state index contributed by atoms with van der Waals surface area (Å²) in [6.45, 7) is 4.88. The topological polar surface area (TPSA) is 94.6 Å². The van der Waals surface area contributed by atoms with Gasteiger partial charge in [0.1, 0.15) is 11.5 Å². The predicted molar refractivity (Wildman–Crippen MR) is 79.8 cm³/mol. The lowest BCUT2D eigenvalue weighted by molar-refractivity contribution is 0.340. The maximum atomic E-state index is 11.1. The molecule has 1 heterocycles. The molecule has 0 atom stereocenters. The van der Waals surface area contributed by atoms with Crippen molar-refractivity contribution in [2.24, 2.45) is 5.14 Å². The number of benzene rings is 1. The van der Waals surface area contributed by atoms with Gasteiger partial charge in [-0.05, 0) is 49.7 Å². The van der Waals surface area contributed by atoms with Crippen molar-refractivity contribution in [3.8, 4) is 5.75 Å². The van der Waals surface area contributed by atoms with Crippen LogP contribution in [0, 0.1) is 6.92 Å². The highest BCUT2D eigenvalue weighted by atomic mass is 32.2. The van der Waals surface area contributed by atoms with Crippen LogP contribution in [0.5, 0.6) is 5.75 Å². The molecule has 0 bridgehead atoms. The smallest absolute Gasteiger partial charge is 0.271 e. The Bertz CT molecular complexity index is 722. The minimum atomic E-state index is -3.80. The minimum Gasteiger partial charge on any atom is -0.494 e. The van der Waals surface area contributed by atoms with Crippen LogP contribution in [0.1, 0.15) is 18.2 Å². The fourth-order valence-corrected chi connectivity index (χ4v) is 2.36. The molecule has 3 N–H and O–H groups in total. The number of sulfonamides is 1. The third-order valence-electron chi connectivity index (χ3n) is 2.88. The zero-order chi connectivity index (χ0) is 15.5. The number of nitrogens with one attached hydrogen (secondary N) is 1. The Labute approximate surface area is 124 Å². The van der Waals surface area contributed by atoms with Crippen LogP contribution >= 0.6 is 0 Å². The van der Waals surface area contributed by atoms with Gasteiger partial charge >= 0.3 is 0 Å². The fourth-order valence-electron chi connectivity index (χ4n) is 1.88. The molecule has 1 aromatic heterocycles. The van der Waals surface area contributed by atoms with Gasteiger partial charge in [0.25, 0.3) is 10.0 Å². The number of hydrogen-bond donors (Lipinski definition) is 2. The first-order valence-electron chi connectivity index (χ1n) is 6.49. The SMILES string of the molecule is CCOc1ccc(NCc2ccc(S(N)(=O)=O)o2)c(C)c1. The molecule has 0 amide bonds. The van der Waals surface area contributed by atoms with Crippen LogP contribution < -0.4 is 15.2 Å². The molecule has 7 heteroatoms. The maximum Gasteiger partial charge on any atom is 0.271 e. The summed E-state index contributed by atoms with van der Waals surface area (Å²) in [4.78, 5) is 0. The van der Waals surface area contributed by atoms with Crippen LogP contribution in [-0.4, -0.2) is 15.0 Å². The van der Waals surface area contributed by atoms with Gasteiger partial charge in [-0.25, -0.2) is 13.6 Å². The first-order valence-corrected chi connectivity index (χ1v) is 8.03. The number of primary sulfonamides is 1. The van der Waals surface area contributed by atoms with Gasteiger partial charge in [-0.2, -0.15) is 0 Å². The van der Waals surface area contributed by atoms with E-state index in [-0.39, 0.29) is 5.09 Å².